The third-order valence-electron chi connectivity index (χ3n) is 3.11. The molecule has 1 aromatic rings. The Morgan fingerprint density at radius 2 is 2.19 bits per heavy atom. The van der Waals surface area contributed by atoms with Crippen LogP contribution >= 0.6 is 11.6 Å². The zero-order valence-electron chi connectivity index (χ0n) is 9.83. The van der Waals surface area contributed by atoms with Crippen LogP contribution in [-0.4, -0.2) is 11.9 Å². The van der Waals surface area contributed by atoms with Crippen molar-refractivity contribution in [1.29, 1.82) is 0 Å². The van der Waals surface area contributed by atoms with Gasteiger partial charge in [0.2, 0.25) is 5.91 Å². The Labute approximate surface area is 101 Å². The monoisotopic (exact) mass is 237 g/mol. The zero-order chi connectivity index (χ0) is 11.9. The largest absolute Gasteiger partial charge is 0.309 e. The number of amides is 1. The average Bonchev–Trinajstić information content (AvgIpc) is 2.18. The fraction of sp³-hybridized carbons (Fsp3) is 0.462. The van der Waals surface area contributed by atoms with Crippen molar-refractivity contribution in [3.05, 3.63) is 29.3 Å². The van der Waals surface area contributed by atoms with Gasteiger partial charge in [0.25, 0.3) is 0 Å². The first-order chi connectivity index (χ1) is 7.50. The van der Waals surface area contributed by atoms with Crippen LogP contribution in [0.1, 0.15) is 36.8 Å². The first-order valence-electron chi connectivity index (χ1n) is 5.55. The molecule has 0 bridgehead atoms. The maximum absolute atomic E-state index is 11.6. The van der Waals surface area contributed by atoms with Crippen molar-refractivity contribution in [3.63, 3.8) is 0 Å². The number of alkyl halides is 1. The molecule has 3 heteroatoms. The van der Waals surface area contributed by atoms with Crippen LogP contribution < -0.4 is 4.90 Å². The molecule has 86 valence electrons. The molecule has 0 spiro atoms. The highest BCUT2D eigenvalue weighted by molar-refractivity contribution is 6.21. The predicted octanol–water partition coefficient (Wildman–Crippen LogP) is 3.42. The second kappa shape index (κ2) is 4.10. The lowest BCUT2D eigenvalue weighted by Gasteiger charge is -2.37. The maximum Gasteiger partial charge on any atom is 0.224 e. The van der Waals surface area contributed by atoms with E-state index in [0.29, 0.717) is 0 Å². The van der Waals surface area contributed by atoms with Crippen LogP contribution in [0.5, 0.6) is 0 Å². The molecule has 0 N–H and O–H groups in total. The van der Waals surface area contributed by atoms with E-state index in [0.717, 1.165) is 17.7 Å². The van der Waals surface area contributed by atoms with E-state index in [1.165, 1.54) is 5.56 Å². The molecule has 2 nitrogen and oxygen atoms in total. The number of hydrogen-bond donors (Lipinski definition) is 0. The van der Waals surface area contributed by atoms with E-state index in [1.807, 2.05) is 30.9 Å². The van der Waals surface area contributed by atoms with Crippen LogP contribution in [0.15, 0.2) is 18.2 Å². The molecule has 0 saturated heterocycles. The first kappa shape index (κ1) is 11.5. The van der Waals surface area contributed by atoms with E-state index >= 15 is 0 Å². The van der Waals surface area contributed by atoms with Gasteiger partial charge in [0.15, 0.2) is 0 Å². The predicted molar refractivity (Wildman–Crippen MR) is 67.0 cm³/mol. The van der Waals surface area contributed by atoms with Gasteiger partial charge in [0.1, 0.15) is 0 Å². The van der Waals surface area contributed by atoms with Crippen molar-refractivity contribution >= 4 is 23.2 Å². The lowest BCUT2D eigenvalue weighted by molar-refractivity contribution is -0.117. The Morgan fingerprint density at radius 1 is 1.50 bits per heavy atom. The molecular formula is C13H16ClNO. The Hall–Kier alpha value is -1.02. The molecule has 1 aliphatic heterocycles. The summed E-state index contributed by atoms with van der Waals surface area (Å²) in [5.74, 6) is 0.0844. The molecule has 2 atom stereocenters. The summed E-state index contributed by atoms with van der Waals surface area (Å²) >= 11 is 6.35. The van der Waals surface area contributed by atoms with Gasteiger partial charge >= 0.3 is 0 Å². The standard InChI is InChI=1S/C13H16ClNO/c1-8-4-5-13-11(6-8)12(14)7-9(2)15(13)10(3)16/h4-6,9,12H,7H2,1-3H3. The number of benzene rings is 1. The number of halogens is 1. The van der Waals surface area contributed by atoms with Crippen molar-refractivity contribution in [1.82, 2.24) is 0 Å². The van der Waals surface area contributed by atoms with Gasteiger partial charge in [-0.15, -0.1) is 11.6 Å². The molecule has 2 rings (SSSR count). The maximum atomic E-state index is 11.6. The average molecular weight is 238 g/mol. The van der Waals surface area contributed by atoms with Gasteiger partial charge in [-0.05, 0) is 31.9 Å². The second-order valence-electron chi connectivity index (χ2n) is 4.50. The van der Waals surface area contributed by atoms with Gasteiger partial charge in [-0.25, -0.2) is 0 Å². The number of carbonyl (C=O) groups is 1. The summed E-state index contributed by atoms with van der Waals surface area (Å²) in [6.07, 6.45) is 0.817. The third kappa shape index (κ3) is 1.82. The summed E-state index contributed by atoms with van der Waals surface area (Å²) in [6.45, 7) is 5.69. The first-order valence-corrected chi connectivity index (χ1v) is 5.98. The highest BCUT2D eigenvalue weighted by Crippen LogP contribution is 2.40. The van der Waals surface area contributed by atoms with Gasteiger partial charge in [0, 0.05) is 18.7 Å². The van der Waals surface area contributed by atoms with Gasteiger partial charge < -0.3 is 4.90 Å². The minimum atomic E-state index is 0.0144. The fourth-order valence-corrected chi connectivity index (χ4v) is 2.83. The number of hydrogen-bond acceptors (Lipinski definition) is 1. The van der Waals surface area contributed by atoms with Crippen molar-refractivity contribution < 1.29 is 4.79 Å². The van der Waals surface area contributed by atoms with Crippen molar-refractivity contribution in [2.75, 3.05) is 4.90 Å². The third-order valence-corrected chi connectivity index (χ3v) is 3.52. The Morgan fingerprint density at radius 3 is 2.81 bits per heavy atom. The van der Waals surface area contributed by atoms with Gasteiger partial charge in [-0.2, -0.15) is 0 Å². The topological polar surface area (TPSA) is 20.3 Å². The Balaban J connectivity index is 2.54. The van der Waals surface area contributed by atoms with Crippen LogP contribution in [0, 0.1) is 6.92 Å². The Bertz CT molecular complexity index is 430. The van der Waals surface area contributed by atoms with Crippen LogP contribution in [0.4, 0.5) is 5.69 Å². The van der Waals surface area contributed by atoms with Crippen LogP contribution in [0.25, 0.3) is 0 Å². The highest BCUT2D eigenvalue weighted by atomic mass is 35.5. The molecular weight excluding hydrogens is 222 g/mol. The van der Waals surface area contributed by atoms with Crippen LogP contribution in [-0.2, 0) is 4.79 Å². The van der Waals surface area contributed by atoms with Crippen molar-refractivity contribution in [2.24, 2.45) is 0 Å². The molecule has 0 radical (unpaired) electrons. The van der Waals surface area contributed by atoms with Crippen molar-refractivity contribution in [2.45, 2.75) is 38.6 Å². The van der Waals surface area contributed by atoms with Crippen LogP contribution in [0.3, 0.4) is 0 Å². The summed E-state index contributed by atoms with van der Waals surface area (Å²) in [7, 11) is 0. The van der Waals surface area contributed by atoms with E-state index in [-0.39, 0.29) is 17.3 Å². The minimum Gasteiger partial charge on any atom is -0.309 e. The van der Waals surface area contributed by atoms with E-state index in [9.17, 15) is 4.79 Å². The van der Waals surface area contributed by atoms with Crippen LogP contribution in [0.2, 0.25) is 0 Å². The summed E-state index contributed by atoms with van der Waals surface area (Å²) < 4.78 is 0. The smallest absolute Gasteiger partial charge is 0.224 e. The summed E-state index contributed by atoms with van der Waals surface area (Å²) in [5.41, 5.74) is 3.23. The minimum absolute atomic E-state index is 0.0144. The highest BCUT2D eigenvalue weighted by Gasteiger charge is 2.31. The molecule has 1 amide bonds. The van der Waals surface area contributed by atoms with E-state index in [1.54, 1.807) is 6.92 Å². The Kier molecular flexibility index (Phi) is 2.94. The molecule has 2 unspecified atom stereocenters. The lowest BCUT2D eigenvalue weighted by atomic mass is 9.94. The van der Waals surface area contributed by atoms with Gasteiger partial charge in [-0.3, -0.25) is 4.79 Å². The van der Waals surface area contributed by atoms with E-state index in [2.05, 4.69) is 6.07 Å². The zero-order valence-corrected chi connectivity index (χ0v) is 10.6. The van der Waals surface area contributed by atoms with E-state index in [4.69, 9.17) is 11.6 Å². The van der Waals surface area contributed by atoms with Crippen molar-refractivity contribution in [3.8, 4) is 0 Å². The number of aryl methyl sites for hydroxylation is 1. The molecule has 1 aliphatic rings. The number of anilines is 1. The second-order valence-corrected chi connectivity index (χ2v) is 5.03. The summed E-state index contributed by atoms with van der Waals surface area (Å²) in [6, 6.07) is 6.28. The molecule has 0 aliphatic carbocycles. The quantitative estimate of drug-likeness (QED) is 0.633. The summed E-state index contributed by atoms with van der Waals surface area (Å²) in [5, 5.41) is 0.0144. The van der Waals surface area contributed by atoms with E-state index < -0.39 is 0 Å². The normalized spacial score (nSPS) is 24.1. The number of carbonyl (C=O) groups excluding carboxylic acids is 1. The number of fused-ring (bicyclic) bond motifs is 1. The molecule has 16 heavy (non-hydrogen) atoms. The molecule has 0 saturated carbocycles. The van der Waals surface area contributed by atoms with Gasteiger partial charge in [-0.1, -0.05) is 17.7 Å². The summed E-state index contributed by atoms with van der Waals surface area (Å²) in [4.78, 5) is 13.5. The number of rotatable bonds is 0. The molecule has 0 fully saturated rings. The lowest BCUT2D eigenvalue weighted by Crippen LogP contribution is -2.41. The SMILES string of the molecule is CC(=O)N1c2ccc(C)cc2C(Cl)CC1C. The van der Waals surface area contributed by atoms with Gasteiger partial charge in [0.05, 0.1) is 5.38 Å². The fourth-order valence-electron chi connectivity index (χ4n) is 2.39. The molecule has 1 heterocycles. The molecule has 1 aromatic carbocycles. The number of nitrogens with zero attached hydrogens (tertiary/aromatic N) is 1. The molecule has 0 aromatic heterocycles.